The molecule has 6 nitrogen and oxygen atoms in total. The third-order valence-corrected chi connectivity index (χ3v) is 1.91. The molecule has 2 aromatic rings. The third kappa shape index (κ3) is 1.38. The number of nitrogens with zero attached hydrogens (tertiary/aromatic N) is 3. The number of aromatic hydroxyl groups is 1. The summed E-state index contributed by atoms with van der Waals surface area (Å²) in [5.74, 6) is -0.675. The SMILES string of the molecule is [N-]=[N+]=Nc1c(O)c(=O)oc2ccccc12. The summed E-state index contributed by atoms with van der Waals surface area (Å²) in [7, 11) is 0. The van der Waals surface area contributed by atoms with Crippen LogP contribution >= 0.6 is 0 Å². The fourth-order valence-electron chi connectivity index (χ4n) is 1.27. The fraction of sp³-hybridized carbons (Fsp3) is 0. The van der Waals surface area contributed by atoms with Crippen LogP contribution in [0.3, 0.4) is 0 Å². The zero-order valence-corrected chi connectivity index (χ0v) is 7.41. The first kappa shape index (κ1) is 9.11. The van der Waals surface area contributed by atoms with Crippen LogP contribution in [0.25, 0.3) is 21.4 Å². The molecule has 6 heteroatoms. The average Bonchev–Trinajstić information content (AvgIpc) is 2.25. The standard InChI is InChI=1S/C9H5N3O3/c10-12-11-7-5-3-1-2-4-6(5)15-9(14)8(7)13/h1-4,13H. The Kier molecular flexibility index (Phi) is 2.04. The van der Waals surface area contributed by atoms with E-state index in [2.05, 4.69) is 10.0 Å². The highest BCUT2D eigenvalue weighted by molar-refractivity contribution is 5.90. The van der Waals surface area contributed by atoms with E-state index in [-0.39, 0.29) is 11.3 Å². The Hall–Kier alpha value is -2.46. The highest BCUT2D eigenvalue weighted by Crippen LogP contribution is 2.31. The zero-order valence-electron chi connectivity index (χ0n) is 7.41. The van der Waals surface area contributed by atoms with Gasteiger partial charge in [-0.25, -0.2) is 4.79 Å². The quantitative estimate of drug-likeness (QED) is 0.333. The van der Waals surface area contributed by atoms with E-state index in [1.807, 2.05) is 0 Å². The van der Waals surface area contributed by atoms with Gasteiger partial charge in [-0.1, -0.05) is 23.3 Å². The van der Waals surface area contributed by atoms with Crippen LogP contribution in [0, 0.1) is 0 Å². The molecule has 0 aliphatic rings. The summed E-state index contributed by atoms with van der Waals surface area (Å²) >= 11 is 0. The van der Waals surface area contributed by atoms with Crippen LogP contribution in [0.2, 0.25) is 0 Å². The number of hydrogen-bond acceptors (Lipinski definition) is 4. The maximum absolute atomic E-state index is 11.1. The second kappa shape index (κ2) is 3.36. The van der Waals surface area contributed by atoms with Gasteiger partial charge in [-0.2, -0.15) is 0 Å². The van der Waals surface area contributed by atoms with Gasteiger partial charge in [0.15, 0.2) is 0 Å². The molecular weight excluding hydrogens is 198 g/mol. The maximum atomic E-state index is 11.1. The molecule has 0 saturated heterocycles. The molecule has 0 spiro atoms. The molecule has 1 aromatic carbocycles. The van der Waals surface area contributed by atoms with Crippen molar-refractivity contribution < 1.29 is 9.52 Å². The van der Waals surface area contributed by atoms with Gasteiger partial charge in [-0.3, -0.25) is 0 Å². The molecule has 1 N–H and O–H groups in total. The second-order valence-corrected chi connectivity index (χ2v) is 2.77. The van der Waals surface area contributed by atoms with Crippen molar-refractivity contribution in [3.05, 3.63) is 45.1 Å². The molecule has 0 aliphatic carbocycles. The fourth-order valence-corrected chi connectivity index (χ4v) is 1.27. The van der Waals surface area contributed by atoms with Gasteiger partial charge in [-0.05, 0) is 11.6 Å². The minimum absolute atomic E-state index is 0.107. The summed E-state index contributed by atoms with van der Waals surface area (Å²) in [5.41, 5.74) is 7.55. The molecular formula is C9H5N3O3. The minimum atomic E-state index is -0.920. The van der Waals surface area contributed by atoms with Gasteiger partial charge in [0, 0.05) is 10.3 Å². The lowest BCUT2D eigenvalue weighted by molar-refractivity contribution is 0.430. The lowest BCUT2D eigenvalue weighted by Crippen LogP contribution is -1.97. The van der Waals surface area contributed by atoms with Crippen LogP contribution in [-0.4, -0.2) is 5.11 Å². The number of azide groups is 1. The van der Waals surface area contributed by atoms with E-state index in [4.69, 9.17) is 9.95 Å². The van der Waals surface area contributed by atoms with E-state index >= 15 is 0 Å². The van der Waals surface area contributed by atoms with Crippen LogP contribution in [0.1, 0.15) is 0 Å². The molecule has 0 saturated carbocycles. The van der Waals surface area contributed by atoms with Gasteiger partial charge in [0.05, 0.1) is 5.69 Å². The lowest BCUT2D eigenvalue weighted by atomic mass is 10.2. The number of rotatable bonds is 1. The van der Waals surface area contributed by atoms with Gasteiger partial charge < -0.3 is 9.52 Å². The summed E-state index contributed by atoms with van der Waals surface area (Å²) in [4.78, 5) is 13.7. The molecule has 1 aromatic heterocycles. The number of para-hydroxylation sites is 1. The van der Waals surface area contributed by atoms with Crippen molar-refractivity contribution in [3.63, 3.8) is 0 Å². The van der Waals surface area contributed by atoms with Crippen LogP contribution in [-0.2, 0) is 0 Å². The highest BCUT2D eigenvalue weighted by Gasteiger charge is 2.11. The normalized spacial score (nSPS) is 9.87. The van der Waals surface area contributed by atoms with Crippen molar-refractivity contribution in [1.29, 1.82) is 0 Å². The van der Waals surface area contributed by atoms with Crippen LogP contribution in [0.15, 0.2) is 38.6 Å². The Morgan fingerprint density at radius 3 is 2.87 bits per heavy atom. The van der Waals surface area contributed by atoms with Crippen molar-refractivity contribution in [2.24, 2.45) is 5.11 Å². The maximum Gasteiger partial charge on any atom is 0.379 e. The molecule has 74 valence electrons. The van der Waals surface area contributed by atoms with E-state index in [0.29, 0.717) is 5.39 Å². The smallest absolute Gasteiger partial charge is 0.379 e. The lowest BCUT2D eigenvalue weighted by Gasteiger charge is -2.00. The van der Waals surface area contributed by atoms with Crippen molar-refractivity contribution in [3.8, 4) is 5.75 Å². The molecule has 0 amide bonds. The summed E-state index contributed by atoms with van der Waals surface area (Å²) < 4.78 is 4.79. The first-order valence-corrected chi connectivity index (χ1v) is 4.04. The first-order valence-electron chi connectivity index (χ1n) is 4.04. The number of fused-ring (bicyclic) bond motifs is 1. The highest BCUT2D eigenvalue weighted by atomic mass is 16.4. The van der Waals surface area contributed by atoms with E-state index in [1.165, 1.54) is 0 Å². The molecule has 1 heterocycles. The summed E-state index contributed by atoms with van der Waals surface area (Å²) in [6.07, 6.45) is 0. The molecule has 0 atom stereocenters. The summed E-state index contributed by atoms with van der Waals surface area (Å²) in [5, 5.41) is 13.0. The van der Waals surface area contributed by atoms with Crippen LogP contribution in [0.4, 0.5) is 5.69 Å². The summed E-state index contributed by atoms with van der Waals surface area (Å²) in [6.45, 7) is 0. The largest absolute Gasteiger partial charge is 0.501 e. The molecule has 0 unspecified atom stereocenters. The van der Waals surface area contributed by atoms with Gasteiger partial charge in [0.2, 0.25) is 5.75 Å². The van der Waals surface area contributed by atoms with Gasteiger partial charge in [0.1, 0.15) is 5.58 Å². The van der Waals surface area contributed by atoms with Crippen molar-refractivity contribution >= 4 is 16.7 Å². The summed E-state index contributed by atoms with van der Waals surface area (Å²) in [6, 6.07) is 6.48. The van der Waals surface area contributed by atoms with E-state index < -0.39 is 11.4 Å². The van der Waals surface area contributed by atoms with Gasteiger partial charge in [0.25, 0.3) is 0 Å². The Morgan fingerprint density at radius 1 is 1.40 bits per heavy atom. The van der Waals surface area contributed by atoms with E-state index in [9.17, 15) is 9.90 Å². The van der Waals surface area contributed by atoms with Crippen molar-refractivity contribution in [1.82, 2.24) is 0 Å². The molecule has 0 fully saturated rings. The molecule has 0 bridgehead atoms. The number of benzene rings is 1. The number of hydrogen-bond donors (Lipinski definition) is 1. The molecule has 15 heavy (non-hydrogen) atoms. The van der Waals surface area contributed by atoms with Gasteiger partial charge >= 0.3 is 5.63 Å². The Morgan fingerprint density at radius 2 is 2.13 bits per heavy atom. The van der Waals surface area contributed by atoms with E-state index in [1.54, 1.807) is 24.3 Å². The Labute approximate surface area is 83.0 Å². The van der Waals surface area contributed by atoms with Gasteiger partial charge in [-0.15, -0.1) is 0 Å². The van der Waals surface area contributed by atoms with Crippen molar-refractivity contribution in [2.45, 2.75) is 0 Å². The minimum Gasteiger partial charge on any atom is -0.501 e. The van der Waals surface area contributed by atoms with Crippen LogP contribution < -0.4 is 5.63 Å². The molecule has 0 aliphatic heterocycles. The predicted molar refractivity (Wildman–Crippen MR) is 53.0 cm³/mol. The Bertz CT molecular complexity index is 626. The topological polar surface area (TPSA) is 99.2 Å². The monoisotopic (exact) mass is 203 g/mol. The molecule has 0 radical (unpaired) electrons. The zero-order chi connectivity index (χ0) is 10.8. The first-order chi connectivity index (χ1) is 7.24. The average molecular weight is 203 g/mol. The Balaban J connectivity index is 3.01. The molecule has 2 rings (SSSR count). The van der Waals surface area contributed by atoms with E-state index in [0.717, 1.165) is 0 Å². The van der Waals surface area contributed by atoms with Crippen molar-refractivity contribution in [2.75, 3.05) is 0 Å². The predicted octanol–water partition coefficient (Wildman–Crippen LogP) is 2.44. The second-order valence-electron chi connectivity index (χ2n) is 2.77. The third-order valence-electron chi connectivity index (χ3n) is 1.91. The van der Waals surface area contributed by atoms with Crippen LogP contribution in [0.5, 0.6) is 5.75 Å².